The van der Waals surface area contributed by atoms with Crippen molar-refractivity contribution in [3.63, 3.8) is 0 Å². The first kappa shape index (κ1) is 13.5. The lowest BCUT2D eigenvalue weighted by Crippen LogP contribution is -2.33. The maximum atomic E-state index is 12.5. The van der Waals surface area contributed by atoms with Crippen molar-refractivity contribution in [1.29, 1.82) is 0 Å². The number of carbonyl (C=O) groups excluding carboxylic acids is 1. The average molecular weight is 299 g/mol. The monoisotopic (exact) mass is 299 g/mol. The molecule has 0 spiro atoms. The van der Waals surface area contributed by atoms with E-state index in [-0.39, 0.29) is 17.0 Å². The van der Waals surface area contributed by atoms with Gasteiger partial charge in [0, 0.05) is 30.0 Å². The van der Waals surface area contributed by atoms with Crippen LogP contribution in [0.2, 0.25) is 0 Å². The summed E-state index contributed by atoms with van der Waals surface area (Å²) in [5.74, 6) is -0.362. The number of hydrogen-bond donors (Lipinski definition) is 0. The lowest BCUT2D eigenvalue weighted by atomic mass is 10.2. The van der Waals surface area contributed by atoms with E-state index in [1.807, 2.05) is 42.6 Å². The number of nitrogens with zero attached hydrogens (tertiary/aromatic N) is 3. The van der Waals surface area contributed by atoms with Gasteiger partial charge in [-0.25, -0.2) is 4.98 Å². The van der Waals surface area contributed by atoms with E-state index in [0.717, 1.165) is 11.4 Å². The Balaban J connectivity index is 2.08. The smallest absolute Gasteiger partial charge is 0.271 e. The molecule has 0 aliphatic heterocycles. The van der Waals surface area contributed by atoms with Gasteiger partial charge in [0.25, 0.3) is 11.5 Å². The SMILES string of the molecule is Cc1csc2ncc(C(=O)N(C)c3ccccc3)c(=O)n12. The average Bonchev–Trinajstić information content (AvgIpc) is 2.89. The molecule has 0 atom stereocenters. The molecule has 0 bridgehead atoms. The molecule has 3 rings (SSSR count). The molecule has 0 fully saturated rings. The van der Waals surface area contributed by atoms with Crippen LogP contribution < -0.4 is 10.5 Å². The van der Waals surface area contributed by atoms with Crippen LogP contribution >= 0.6 is 11.3 Å². The minimum absolute atomic E-state index is 0.0698. The van der Waals surface area contributed by atoms with Crippen molar-refractivity contribution < 1.29 is 4.79 Å². The molecule has 5 nitrogen and oxygen atoms in total. The van der Waals surface area contributed by atoms with Crippen molar-refractivity contribution in [3.8, 4) is 0 Å². The standard InChI is InChI=1S/C15H13N3O2S/c1-10-9-21-15-16-8-12(14(20)18(10)15)13(19)17(2)11-6-4-3-5-7-11/h3-9H,1-2H3. The zero-order valence-corrected chi connectivity index (χ0v) is 12.4. The van der Waals surface area contributed by atoms with Crippen molar-refractivity contribution in [2.24, 2.45) is 0 Å². The second-order valence-corrected chi connectivity index (χ2v) is 5.51. The molecular weight excluding hydrogens is 286 g/mol. The summed E-state index contributed by atoms with van der Waals surface area (Å²) in [4.78, 5) is 31.2. The molecule has 0 aliphatic carbocycles. The Bertz CT molecular complexity index is 868. The third-order valence-corrected chi connectivity index (χ3v) is 4.25. The van der Waals surface area contributed by atoms with E-state index in [1.54, 1.807) is 7.05 Å². The van der Waals surface area contributed by atoms with Gasteiger partial charge in [-0.05, 0) is 19.1 Å². The van der Waals surface area contributed by atoms with Gasteiger partial charge in [-0.15, -0.1) is 11.3 Å². The van der Waals surface area contributed by atoms with Gasteiger partial charge in [-0.2, -0.15) is 0 Å². The van der Waals surface area contributed by atoms with Crippen LogP contribution in [0.5, 0.6) is 0 Å². The molecule has 6 heteroatoms. The fourth-order valence-electron chi connectivity index (χ4n) is 2.12. The highest BCUT2D eigenvalue weighted by molar-refractivity contribution is 7.15. The molecule has 21 heavy (non-hydrogen) atoms. The van der Waals surface area contributed by atoms with Crippen molar-refractivity contribution in [1.82, 2.24) is 9.38 Å². The molecule has 106 valence electrons. The summed E-state index contributed by atoms with van der Waals surface area (Å²) in [7, 11) is 1.65. The van der Waals surface area contributed by atoms with Gasteiger partial charge < -0.3 is 4.90 Å². The van der Waals surface area contributed by atoms with Crippen LogP contribution in [0.4, 0.5) is 5.69 Å². The highest BCUT2D eigenvalue weighted by Gasteiger charge is 2.19. The first-order chi connectivity index (χ1) is 10.1. The Hall–Kier alpha value is -2.47. The number of aromatic nitrogens is 2. The van der Waals surface area contributed by atoms with Crippen LogP contribution in [0.1, 0.15) is 16.1 Å². The van der Waals surface area contributed by atoms with Crippen molar-refractivity contribution in [3.05, 3.63) is 63.5 Å². The number of para-hydroxylation sites is 1. The number of carbonyl (C=O) groups is 1. The lowest BCUT2D eigenvalue weighted by Gasteiger charge is -2.16. The Morgan fingerprint density at radius 3 is 2.71 bits per heavy atom. The number of amides is 1. The summed E-state index contributed by atoms with van der Waals surface area (Å²) < 4.78 is 1.47. The predicted octanol–water partition coefficient (Wildman–Crippen LogP) is 2.34. The summed E-state index contributed by atoms with van der Waals surface area (Å²) >= 11 is 1.38. The Kier molecular flexibility index (Phi) is 3.31. The van der Waals surface area contributed by atoms with Gasteiger partial charge in [-0.1, -0.05) is 18.2 Å². The number of hydrogen-bond acceptors (Lipinski definition) is 4. The molecular formula is C15H13N3O2S. The molecule has 0 N–H and O–H groups in total. The summed E-state index contributed by atoms with van der Waals surface area (Å²) in [5.41, 5.74) is 1.26. The quantitative estimate of drug-likeness (QED) is 0.730. The van der Waals surface area contributed by atoms with Crippen LogP contribution in [0.25, 0.3) is 4.96 Å². The van der Waals surface area contributed by atoms with Gasteiger partial charge in [0.05, 0.1) is 0 Å². The number of thiazole rings is 1. The lowest BCUT2D eigenvalue weighted by molar-refractivity contribution is 0.0991. The summed E-state index contributed by atoms with van der Waals surface area (Å²) in [6.45, 7) is 1.82. The van der Waals surface area contributed by atoms with Gasteiger partial charge in [0.15, 0.2) is 4.96 Å². The van der Waals surface area contributed by atoms with Gasteiger partial charge >= 0.3 is 0 Å². The van der Waals surface area contributed by atoms with Crippen LogP contribution in [0.3, 0.4) is 0 Å². The molecule has 2 heterocycles. The van der Waals surface area contributed by atoms with Crippen molar-refractivity contribution in [2.45, 2.75) is 6.92 Å². The minimum atomic E-state index is -0.362. The number of anilines is 1. The van der Waals surface area contributed by atoms with Gasteiger partial charge in [0.1, 0.15) is 5.56 Å². The third kappa shape index (κ3) is 2.23. The topological polar surface area (TPSA) is 54.7 Å². The molecule has 0 unspecified atom stereocenters. The second-order valence-electron chi connectivity index (χ2n) is 4.67. The maximum absolute atomic E-state index is 12.5. The maximum Gasteiger partial charge on any atom is 0.271 e. The fourth-order valence-corrected chi connectivity index (χ4v) is 2.95. The van der Waals surface area contributed by atoms with E-state index in [2.05, 4.69) is 4.98 Å². The summed E-state index contributed by atoms with van der Waals surface area (Å²) in [6.07, 6.45) is 1.36. The first-order valence-corrected chi connectivity index (χ1v) is 7.26. The Morgan fingerprint density at radius 1 is 1.29 bits per heavy atom. The number of benzene rings is 1. The van der Waals surface area contributed by atoms with E-state index in [9.17, 15) is 9.59 Å². The molecule has 0 saturated carbocycles. The van der Waals surface area contributed by atoms with E-state index in [1.165, 1.54) is 26.8 Å². The molecule has 2 aromatic heterocycles. The third-order valence-electron chi connectivity index (χ3n) is 3.30. The zero-order valence-electron chi connectivity index (χ0n) is 11.6. The minimum Gasteiger partial charge on any atom is -0.311 e. The van der Waals surface area contributed by atoms with E-state index in [4.69, 9.17) is 0 Å². The van der Waals surface area contributed by atoms with Gasteiger partial charge in [0.2, 0.25) is 0 Å². The zero-order chi connectivity index (χ0) is 15.0. The number of rotatable bonds is 2. The highest BCUT2D eigenvalue weighted by Crippen LogP contribution is 2.15. The summed E-state index contributed by atoms with van der Waals surface area (Å²) in [6, 6.07) is 9.19. The second kappa shape index (κ2) is 5.14. The van der Waals surface area contributed by atoms with E-state index < -0.39 is 0 Å². The van der Waals surface area contributed by atoms with E-state index >= 15 is 0 Å². The molecule has 0 radical (unpaired) electrons. The van der Waals surface area contributed by atoms with E-state index in [0.29, 0.717) is 4.96 Å². The van der Waals surface area contributed by atoms with Crippen LogP contribution in [0.15, 0.2) is 46.7 Å². The summed E-state index contributed by atoms with van der Waals surface area (Å²) in [5, 5.41) is 1.85. The van der Waals surface area contributed by atoms with Crippen molar-refractivity contribution in [2.75, 3.05) is 11.9 Å². The number of fused-ring (bicyclic) bond motifs is 1. The number of aryl methyl sites for hydroxylation is 1. The molecule has 1 aromatic carbocycles. The first-order valence-electron chi connectivity index (χ1n) is 6.38. The molecule has 3 aromatic rings. The normalized spacial score (nSPS) is 10.8. The van der Waals surface area contributed by atoms with Crippen LogP contribution in [0, 0.1) is 6.92 Å². The van der Waals surface area contributed by atoms with Crippen LogP contribution in [-0.2, 0) is 0 Å². The molecule has 1 amide bonds. The molecule has 0 aliphatic rings. The Labute approximate surface area is 125 Å². The molecule has 0 saturated heterocycles. The van der Waals surface area contributed by atoms with Crippen LogP contribution in [-0.4, -0.2) is 22.3 Å². The highest BCUT2D eigenvalue weighted by atomic mass is 32.1. The Morgan fingerprint density at radius 2 is 2.00 bits per heavy atom. The van der Waals surface area contributed by atoms with Crippen molar-refractivity contribution >= 4 is 27.9 Å². The predicted molar refractivity (Wildman–Crippen MR) is 83.3 cm³/mol. The van der Waals surface area contributed by atoms with Gasteiger partial charge in [-0.3, -0.25) is 14.0 Å². The fraction of sp³-hybridized carbons (Fsp3) is 0.133. The largest absolute Gasteiger partial charge is 0.311 e.